The Labute approximate surface area is 207 Å². The molecule has 0 spiro atoms. The van der Waals surface area contributed by atoms with Crippen molar-refractivity contribution in [2.45, 2.75) is 17.6 Å². The maximum atomic E-state index is 13.8. The zero-order valence-electron chi connectivity index (χ0n) is 19.4. The third-order valence-electron chi connectivity index (χ3n) is 6.17. The molecule has 2 aromatic heterocycles. The van der Waals surface area contributed by atoms with Crippen LogP contribution in [-0.2, 0) is 5.75 Å². The van der Waals surface area contributed by atoms with Gasteiger partial charge in [-0.15, -0.1) is 11.8 Å². The lowest BCUT2D eigenvalue weighted by Gasteiger charge is -2.35. The number of aromatic nitrogens is 2. The van der Waals surface area contributed by atoms with Crippen LogP contribution in [0.4, 0.5) is 4.39 Å². The number of piperazine rings is 1. The van der Waals surface area contributed by atoms with Gasteiger partial charge in [-0.2, -0.15) is 0 Å². The SMILES string of the molecule is Cc1ccc(C(=O)N2CCN(C(=O)c3ccc(SCc4cn5ccccc5n4)cc3)CC2)cc1F. The number of pyridine rings is 1. The smallest absolute Gasteiger partial charge is 0.254 e. The van der Waals surface area contributed by atoms with Gasteiger partial charge in [0, 0.05) is 60.3 Å². The number of hydrogen-bond donors (Lipinski definition) is 0. The number of rotatable bonds is 5. The van der Waals surface area contributed by atoms with E-state index < -0.39 is 0 Å². The molecular weight excluding hydrogens is 463 g/mol. The molecule has 1 aliphatic heterocycles. The molecule has 4 aromatic rings. The van der Waals surface area contributed by atoms with E-state index in [9.17, 15) is 14.0 Å². The molecule has 6 nitrogen and oxygen atoms in total. The quantitative estimate of drug-likeness (QED) is 0.383. The second-order valence-electron chi connectivity index (χ2n) is 8.56. The van der Waals surface area contributed by atoms with E-state index in [-0.39, 0.29) is 17.6 Å². The molecule has 2 amide bonds. The minimum absolute atomic E-state index is 0.0459. The molecule has 2 aromatic carbocycles. The standard InChI is InChI=1S/C27H25FN4O2S/c1-19-5-6-21(16-24(19)28)27(34)31-14-12-30(13-15-31)26(33)20-7-9-23(10-8-20)35-18-22-17-32-11-3-2-4-25(32)29-22/h2-11,16-17H,12-15,18H2,1H3. The number of nitrogens with zero attached hydrogens (tertiary/aromatic N) is 4. The van der Waals surface area contributed by atoms with E-state index in [1.807, 2.05) is 59.3 Å². The molecular formula is C27H25FN4O2S. The van der Waals surface area contributed by atoms with Crippen molar-refractivity contribution in [1.29, 1.82) is 0 Å². The fraction of sp³-hybridized carbons (Fsp3) is 0.222. The van der Waals surface area contributed by atoms with Crippen LogP contribution in [0.1, 0.15) is 32.0 Å². The molecule has 0 N–H and O–H groups in total. The largest absolute Gasteiger partial charge is 0.335 e. The summed E-state index contributed by atoms with van der Waals surface area (Å²) in [7, 11) is 0. The van der Waals surface area contributed by atoms with E-state index in [2.05, 4.69) is 4.98 Å². The fourth-order valence-corrected chi connectivity index (χ4v) is 4.89. The molecule has 8 heteroatoms. The monoisotopic (exact) mass is 488 g/mol. The van der Waals surface area contributed by atoms with Gasteiger partial charge in [0.15, 0.2) is 0 Å². The summed E-state index contributed by atoms with van der Waals surface area (Å²) in [5.74, 6) is 0.110. The number of fused-ring (bicyclic) bond motifs is 1. The molecule has 1 aliphatic rings. The number of thioether (sulfide) groups is 1. The Bertz CT molecular complexity index is 1340. The Morgan fingerprint density at radius 1 is 0.914 bits per heavy atom. The van der Waals surface area contributed by atoms with Gasteiger partial charge in [0.2, 0.25) is 0 Å². The number of amides is 2. The summed E-state index contributed by atoms with van der Waals surface area (Å²) in [6.45, 7) is 3.41. The molecule has 0 aliphatic carbocycles. The maximum absolute atomic E-state index is 13.8. The topological polar surface area (TPSA) is 57.9 Å². The lowest BCUT2D eigenvalue weighted by atomic mass is 10.1. The summed E-state index contributed by atoms with van der Waals surface area (Å²) in [5, 5.41) is 0. The number of hydrogen-bond acceptors (Lipinski definition) is 4. The predicted molar refractivity (Wildman–Crippen MR) is 134 cm³/mol. The van der Waals surface area contributed by atoms with Crippen LogP contribution in [0.3, 0.4) is 0 Å². The average molecular weight is 489 g/mol. The van der Waals surface area contributed by atoms with Crippen molar-refractivity contribution in [3.05, 3.63) is 101 Å². The van der Waals surface area contributed by atoms with Crippen molar-refractivity contribution in [3.8, 4) is 0 Å². The van der Waals surface area contributed by atoms with Crippen molar-refractivity contribution in [3.63, 3.8) is 0 Å². The van der Waals surface area contributed by atoms with Crippen LogP contribution in [0.15, 0.2) is 78.0 Å². The van der Waals surface area contributed by atoms with Crippen LogP contribution in [0.2, 0.25) is 0 Å². The summed E-state index contributed by atoms with van der Waals surface area (Å²) in [5.41, 5.74) is 3.41. The lowest BCUT2D eigenvalue weighted by molar-refractivity contribution is 0.0535. The first-order valence-corrected chi connectivity index (χ1v) is 12.5. The number of benzene rings is 2. The van der Waals surface area contributed by atoms with Gasteiger partial charge in [0.1, 0.15) is 11.5 Å². The summed E-state index contributed by atoms with van der Waals surface area (Å²) >= 11 is 1.68. The summed E-state index contributed by atoms with van der Waals surface area (Å²) in [6, 6.07) is 18.1. The van der Waals surface area contributed by atoms with Gasteiger partial charge in [-0.25, -0.2) is 9.37 Å². The number of imidazole rings is 1. The number of aryl methyl sites for hydroxylation is 1. The van der Waals surface area contributed by atoms with Gasteiger partial charge in [-0.05, 0) is 61.0 Å². The zero-order chi connectivity index (χ0) is 24.4. The Balaban J connectivity index is 1.15. The van der Waals surface area contributed by atoms with E-state index >= 15 is 0 Å². The summed E-state index contributed by atoms with van der Waals surface area (Å²) < 4.78 is 15.8. The highest BCUT2D eigenvalue weighted by molar-refractivity contribution is 7.98. The van der Waals surface area contributed by atoms with Gasteiger partial charge >= 0.3 is 0 Å². The Morgan fingerprint density at radius 3 is 2.23 bits per heavy atom. The second-order valence-corrected chi connectivity index (χ2v) is 9.61. The van der Waals surface area contributed by atoms with Crippen molar-refractivity contribution >= 4 is 29.2 Å². The highest BCUT2D eigenvalue weighted by atomic mass is 32.2. The van der Waals surface area contributed by atoms with Gasteiger partial charge in [-0.3, -0.25) is 9.59 Å². The van der Waals surface area contributed by atoms with Crippen LogP contribution in [0.25, 0.3) is 5.65 Å². The van der Waals surface area contributed by atoms with Crippen LogP contribution in [0.5, 0.6) is 0 Å². The number of carbonyl (C=O) groups excluding carboxylic acids is 2. The molecule has 0 bridgehead atoms. The number of halogens is 1. The average Bonchev–Trinajstić information content (AvgIpc) is 3.32. The summed E-state index contributed by atoms with van der Waals surface area (Å²) in [4.78, 5) is 34.8. The van der Waals surface area contributed by atoms with Crippen molar-refractivity contribution < 1.29 is 14.0 Å². The van der Waals surface area contributed by atoms with Gasteiger partial charge < -0.3 is 14.2 Å². The van der Waals surface area contributed by atoms with E-state index in [0.717, 1.165) is 22.0 Å². The van der Waals surface area contributed by atoms with E-state index in [1.165, 1.54) is 6.07 Å². The van der Waals surface area contributed by atoms with Crippen LogP contribution in [-0.4, -0.2) is 57.2 Å². The fourth-order valence-electron chi connectivity index (χ4n) is 4.11. The van der Waals surface area contributed by atoms with Crippen molar-refractivity contribution in [2.24, 2.45) is 0 Å². The molecule has 0 atom stereocenters. The Hall–Kier alpha value is -3.65. The Kier molecular flexibility index (Phi) is 6.55. The van der Waals surface area contributed by atoms with Gasteiger partial charge in [0.05, 0.1) is 5.69 Å². The van der Waals surface area contributed by atoms with Crippen molar-refractivity contribution in [2.75, 3.05) is 26.2 Å². The molecule has 0 saturated carbocycles. The Morgan fingerprint density at radius 2 is 1.57 bits per heavy atom. The molecule has 5 rings (SSSR count). The molecule has 178 valence electrons. The third-order valence-corrected chi connectivity index (χ3v) is 7.22. The third kappa shape index (κ3) is 5.07. The minimum Gasteiger partial charge on any atom is -0.335 e. The first-order valence-electron chi connectivity index (χ1n) is 11.5. The van der Waals surface area contributed by atoms with Crippen molar-refractivity contribution in [1.82, 2.24) is 19.2 Å². The first kappa shape index (κ1) is 23.1. The molecule has 35 heavy (non-hydrogen) atoms. The lowest BCUT2D eigenvalue weighted by Crippen LogP contribution is -2.50. The van der Waals surface area contributed by atoms with E-state index in [4.69, 9.17) is 0 Å². The minimum atomic E-state index is -0.385. The van der Waals surface area contributed by atoms with Crippen LogP contribution < -0.4 is 0 Å². The number of carbonyl (C=O) groups is 2. The zero-order valence-corrected chi connectivity index (χ0v) is 20.2. The molecule has 3 heterocycles. The summed E-state index contributed by atoms with van der Waals surface area (Å²) in [6.07, 6.45) is 4.01. The maximum Gasteiger partial charge on any atom is 0.254 e. The van der Waals surface area contributed by atoms with E-state index in [1.54, 1.807) is 40.6 Å². The van der Waals surface area contributed by atoms with E-state index in [0.29, 0.717) is 42.9 Å². The van der Waals surface area contributed by atoms with Crippen LogP contribution in [0, 0.1) is 12.7 Å². The highest BCUT2D eigenvalue weighted by Gasteiger charge is 2.26. The van der Waals surface area contributed by atoms with Crippen LogP contribution >= 0.6 is 11.8 Å². The molecule has 1 saturated heterocycles. The first-order chi connectivity index (χ1) is 17.0. The molecule has 1 fully saturated rings. The normalized spacial score (nSPS) is 13.9. The van der Waals surface area contributed by atoms with Gasteiger partial charge in [0.25, 0.3) is 11.8 Å². The second kappa shape index (κ2) is 9.92. The van der Waals surface area contributed by atoms with Gasteiger partial charge in [-0.1, -0.05) is 12.1 Å². The highest BCUT2D eigenvalue weighted by Crippen LogP contribution is 2.24. The molecule has 0 unspecified atom stereocenters. The predicted octanol–water partition coefficient (Wildman–Crippen LogP) is 4.67. The molecule has 0 radical (unpaired) electrons.